The SMILES string of the molecule is CCOC(=O)C1=C(c2ccccc2)C[C@@H](O)C1. The molecule has 1 aromatic rings. The molecule has 0 unspecified atom stereocenters. The summed E-state index contributed by atoms with van der Waals surface area (Å²) in [5, 5.41) is 9.70. The standard InChI is InChI=1S/C14H16O3/c1-2-17-14(16)13-9-11(15)8-12(13)10-6-4-3-5-7-10/h3-7,11,15H,2,8-9H2,1H3/t11-/m1/s1. The van der Waals surface area contributed by atoms with Gasteiger partial charge in [0.05, 0.1) is 12.7 Å². The van der Waals surface area contributed by atoms with Crippen molar-refractivity contribution in [3.63, 3.8) is 0 Å². The topological polar surface area (TPSA) is 46.5 Å². The van der Waals surface area contributed by atoms with E-state index in [0.29, 0.717) is 25.0 Å². The molecule has 1 N–H and O–H groups in total. The fourth-order valence-electron chi connectivity index (χ4n) is 2.15. The Labute approximate surface area is 101 Å². The van der Waals surface area contributed by atoms with Crippen LogP contribution in [0.3, 0.4) is 0 Å². The van der Waals surface area contributed by atoms with Crippen molar-refractivity contribution in [1.29, 1.82) is 0 Å². The van der Waals surface area contributed by atoms with Crippen molar-refractivity contribution in [2.75, 3.05) is 6.61 Å². The Morgan fingerprint density at radius 3 is 2.71 bits per heavy atom. The van der Waals surface area contributed by atoms with Gasteiger partial charge in [-0.15, -0.1) is 0 Å². The number of esters is 1. The molecule has 17 heavy (non-hydrogen) atoms. The zero-order chi connectivity index (χ0) is 12.3. The summed E-state index contributed by atoms with van der Waals surface area (Å²) >= 11 is 0. The zero-order valence-electron chi connectivity index (χ0n) is 9.85. The van der Waals surface area contributed by atoms with Crippen molar-refractivity contribution in [1.82, 2.24) is 0 Å². The molecule has 0 fully saturated rings. The van der Waals surface area contributed by atoms with E-state index in [1.54, 1.807) is 6.92 Å². The lowest BCUT2D eigenvalue weighted by molar-refractivity contribution is -0.138. The third-order valence-corrected chi connectivity index (χ3v) is 2.89. The lowest BCUT2D eigenvalue weighted by Gasteiger charge is -2.06. The minimum atomic E-state index is -0.468. The van der Waals surface area contributed by atoms with Crippen LogP contribution in [-0.2, 0) is 9.53 Å². The Balaban J connectivity index is 2.33. The van der Waals surface area contributed by atoms with Crippen molar-refractivity contribution >= 4 is 11.5 Å². The van der Waals surface area contributed by atoms with E-state index < -0.39 is 6.10 Å². The molecular formula is C14H16O3. The molecule has 90 valence electrons. The van der Waals surface area contributed by atoms with E-state index in [1.165, 1.54) is 0 Å². The Morgan fingerprint density at radius 1 is 1.35 bits per heavy atom. The zero-order valence-corrected chi connectivity index (χ0v) is 9.85. The van der Waals surface area contributed by atoms with Crippen LogP contribution in [0.15, 0.2) is 35.9 Å². The predicted octanol–water partition coefficient (Wildman–Crippen LogP) is 2.16. The van der Waals surface area contributed by atoms with Crippen LogP contribution in [0.4, 0.5) is 0 Å². The normalized spacial score (nSPS) is 19.5. The van der Waals surface area contributed by atoms with E-state index in [2.05, 4.69) is 0 Å². The van der Waals surface area contributed by atoms with Crippen LogP contribution in [0.1, 0.15) is 25.3 Å². The van der Waals surface area contributed by atoms with Gasteiger partial charge in [-0.3, -0.25) is 0 Å². The summed E-state index contributed by atoms with van der Waals surface area (Å²) in [6.07, 6.45) is 0.450. The van der Waals surface area contributed by atoms with Gasteiger partial charge in [0.15, 0.2) is 0 Å². The average Bonchev–Trinajstić information content (AvgIpc) is 2.73. The molecule has 0 saturated heterocycles. The molecular weight excluding hydrogens is 216 g/mol. The fraction of sp³-hybridized carbons (Fsp3) is 0.357. The van der Waals surface area contributed by atoms with E-state index in [4.69, 9.17) is 4.74 Å². The Bertz CT molecular complexity index is 434. The summed E-state index contributed by atoms with van der Waals surface area (Å²) in [4.78, 5) is 11.8. The van der Waals surface area contributed by atoms with Crippen LogP contribution in [0, 0.1) is 0 Å². The Morgan fingerprint density at radius 2 is 2.06 bits per heavy atom. The first-order valence-corrected chi connectivity index (χ1v) is 5.85. The maximum atomic E-state index is 11.8. The summed E-state index contributed by atoms with van der Waals surface area (Å²) in [6, 6.07) is 9.68. The first kappa shape index (κ1) is 11.9. The molecule has 0 radical (unpaired) electrons. The molecule has 0 aromatic heterocycles. The Hall–Kier alpha value is -1.61. The second-order valence-electron chi connectivity index (χ2n) is 4.11. The molecule has 1 atom stereocenters. The molecule has 1 aromatic carbocycles. The Kier molecular flexibility index (Phi) is 3.59. The summed E-state index contributed by atoms with van der Waals surface area (Å²) in [6.45, 7) is 2.15. The number of hydrogen-bond donors (Lipinski definition) is 1. The van der Waals surface area contributed by atoms with Crippen LogP contribution in [-0.4, -0.2) is 23.8 Å². The summed E-state index contributed by atoms with van der Waals surface area (Å²) in [7, 11) is 0. The predicted molar refractivity (Wildman–Crippen MR) is 65.2 cm³/mol. The third-order valence-electron chi connectivity index (χ3n) is 2.89. The highest BCUT2D eigenvalue weighted by Crippen LogP contribution is 2.34. The number of rotatable bonds is 3. The van der Waals surface area contributed by atoms with Crippen molar-refractivity contribution in [3.05, 3.63) is 41.5 Å². The molecule has 0 bridgehead atoms. The van der Waals surface area contributed by atoms with E-state index in [0.717, 1.165) is 11.1 Å². The van der Waals surface area contributed by atoms with Crippen LogP contribution in [0.2, 0.25) is 0 Å². The summed E-state index contributed by atoms with van der Waals surface area (Å²) in [5.41, 5.74) is 2.52. The van der Waals surface area contributed by atoms with Crippen LogP contribution in [0.25, 0.3) is 5.57 Å². The van der Waals surface area contributed by atoms with Gasteiger partial charge in [0.2, 0.25) is 0 Å². The highest BCUT2D eigenvalue weighted by molar-refractivity contribution is 5.99. The molecule has 0 aliphatic heterocycles. The summed E-state index contributed by atoms with van der Waals surface area (Å²) < 4.78 is 5.02. The van der Waals surface area contributed by atoms with Crippen LogP contribution in [0.5, 0.6) is 0 Å². The van der Waals surface area contributed by atoms with E-state index >= 15 is 0 Å². The number of aliphatic hydroxyl groups is 1. The highest BCUT2D eigenvalue weighted by Gasteiger charge is 2.28. The highest BCUT2D eigenvalue weighted by atomic mass is 16.5. The van der Waals surface area contributed by atoms with Crippen LogP contribution >= 0.6 is 0 Å². The molecule has 1 aliphatic rings. The maximum Gasteiger partial charge on any atom is 0.334 e. The van der Waals surface area contributed by atoms with Gasteiger partial charge in [0.1, 0.15) is 0 Å². The number of hydrogen-bond acceptors (Lipinski definition) is 3. The van der Waals surface area contributed by atoms with Gasteiger partial charge in [-0.25, -0.2) is 4.79 Å². The molecule has 0 heterocycles. The fourth-order valence-corrected chi connectivity index (χ4v) is 2.15. The van der Waals surface area contributed by atoms with Crippen LogP contribution < -0.4 is 0 Å². The van der Waals surface area contributed by atoms with Gasteiger partial charge >= 0.3 is 5.97 Å². The lowest BCUT2D eigenvalue weighted by Crippen LogP contribution is -2.09. The van der Waals surface area contributed by atoms with Crippen molar-refractivity contribution in [2.45, 2.75) is 25.9 Å². The van der Waals surface area contributed by atoms with Crippen molar-refractivity contribution in [3.8, 4) is 0 Å². The number of carbonyl (C=O) groups is 1. The van der Waals surface area contributed by atoms with Gasteiger partial charge in [-0.1, -0.05) is 30.3 Å². The first-order valence-electron chi connectivity index (χ1n) is 5.85. The molecule has 0 amide bonds. The van der Waals surface area contributed by atoms with E-state index in [-0.39, 0.29) is 5.97 Å². The minimum Gasteiger partial charge on any atom is -0.463 e. The number of carbonyl (C=O) groups excluding carboxylic acids is 1. The molecule has 0 spiro atoms. The minimum absolute atomic E-state index is 0.303. The van der Waals surface area contributed by atoms with E-state index in [1.807, 2.05) is 30.3 Å². The van der Waals surface area contributed by atoms with Crippen molar-refractivity contribution in [2.24, 2.45) is 0 Å². The third kappa shape index (κ3) is 2.56. The quantitative estimate of drug-likeness (QED) is 0.812. The van der Waals surface area contributed by atoms with Gasteiger partial charge < -0.3 is 9.84 Å². The number of ether oxygens (including phenoxy) is 1. The molecule has 0 saturated carbocycles. The largest absolute Gasteiger partial charge is 0.463 e. The van der Waals surface area contributed by atoms with Gasteiger partial charge in [0.25, 0.3) is 0 Å². The molecule has 2 rings (SSSR count). The number of aliphatic hydroxyl groups excluding tert-OH is 1. The van der Waals surface area contributed by atoms with Crippen molar-refractivity contribution < 1.29 is 14.6 Å². The second-order valence-corrected chi connectivity index (χ2v) is 4.11. The molecule has 3 nitrogen and oxygen atoms in total. The number of benzene rings is 1. The molecule has 3 heteroatoms. The summed E-state index contributed by atoms with van der Waals surface area (Å²) in [5.74, 6) is -0.303. The van der Waals surface area contributed by atoms with Gasteiger partial charge in [0, 0.05) is 12.0 Å². The average molecular weight is 232 g/mol. The molecule has 1 aliphatic carbocycles. The second kappa shape index (κ2) is 5.15. The monoisotopic (exact) mass is 232 g/mol. The smallest absolute Gasteiger partial charge is 0.334 e. The maximum absolute atomic E-state index is 11.8. The first-order chi connectivity index (χ1) is 8.22. The lowest BCUT2D eigenvalue weighted by atomic mass is 10.0. The van der Waals surface area contributed by atoms with Gasteiger partial charge in [-0.2, -0.15) is 0 Å². The van der Waals surface area contributed by atoms with Gasteiger partial charge in [-0.05, 0) is 24.5 Å². The van der Waals surface area contributed by atoms with E-state index in [9.17, 15) is 9.90 Å².